The van der Waals surface area contributed by atoms with Gasteiger partial charge in [0.2, 0.25) is 5.91 Å². The zero-order chi connectivity index (χ0) is 26.9. The zero-order valence-corrected chi connectivity index (χ0v) is 19.5. The molecule has 5 rings (SSSR count). The Balaban J connectivity index is 1.38. The summed E-state index contributed by atoms with van der Waals surface area (Å²) in [7, 11) is 0. The molecule has 0 radical (unpaired) electrons. The van der Waals surface area contributed by atoms with Crippen LogP contribution in [-0.4, -0.2) is 32.0 Å². The monoisotopic (exact) mass is 522 g/mol. The quantitative estimate of drug-likeness (QED) is 0.330. The number of anilines is 2. The minimum Gasteiger partial charge on any atom is -0.321 e. The normalized spacial score (nSPS) is 13.2. The number of nitrogens with zero attached hydrogens (tertiary/aromatic N) is 4. The van der Waals surface area contributed by atoms with E-state index in [4.69, 9.17) is 0 Å². The number of nitrogens with one attached hydrogen (secondary N) is 2. The van der Waals surface area contributed by atoms with E-state index in [-0.39, 0.29) is 23.1 Å². The lowest BCUT2D eigenvalue weighted by molar-refractivity contribution is -0.138. The van der Waals surface area contributed by atoms with Crippen molar-refractivity contribution in [3.8, 4) is 22.4 Å². The lowest BCUT2D eigenvalue weighted by atomic mass is 10.0. The Kier molecular flexibility index (Phi) is 6.53. The van der Waals surface area contributed by atoms with Gasteiger partial charge in [0.25, 0.3) is 5.91 Å². The van der Waals surface area contributed by atoms with Crippen molar-refractivity contribution in [3.05, 3.63) is 84.2 Å². The number of hydrogen-bond donors (Lipinski definition) is 2. The summed E-state index contributed by atoms with van der Waals surface area (Å²) in [5, 5.41) is 11.9. The van der Waals surface area contributed by atoms with Gasteiger partial charge in [0.05, 0.1) is 17.5 Å². The fourth-order valence-corrected chi connectivity index (χ4v) is 3.64. The Morgan fingerprint density at radius 3 is 2.42 bits per heavy atom. The predicted octanol–water partition coefficient (Wildman–Crippen LogP) is 5.36. The molecule has 1 aromatic carbocycles. The Hall–Kier alpha value is -4.74. The first kappa shape index (κ1) is 24.9. The van der Waals surface area contributed by atoms with Gasteiger partial charge < -0.3 is 10.6 Å². The van der Waals surface area contributed by atoms with Crippen molar-refractivity contribution in [2.45, 2.75) is 19.0 Å². The number of halogens is 4. The molecule has 2 N–H and O–H groups in total. The molecule has 38 heavy (non-hydrogen) atoms. The summed E-state index contributed by atoms with van der Waals surface area (Å²) in [5.41, 5.74) is 0.159. The Morgan fingerprint density at radius 2 is 1.66 bits per heavy atom. The molecular formula is C26H18F4N6O2. The van der Waals surface area contributed by atoms with Crippen molar-refractivity contribution in [3.63, 3.8) is 0 Å². The highest BCUT2D eigenvalue weighted by molar-refractivity contribution is 6.03. The number of amides is 2. The molecule has 3 aromatic heterocycles. The van der Waals surface area contributed by atoms with Gasteiger partial charge in [0, 0.05) is 35.1 Å². The van der Waals surface area contributed by atoms with Crippen LogP contribution in [0.25, 0.3) is 22.4 Å². The third kappa shape index (κ3) is 5.64. The maximum Gasteiger partial charge on any atom is 0.418 e. The van der Waals surface area contributed by atoms with Crippen molar-refractivity contribution in [1.82, 2.24) is 20.2 Å². The van der Waals surface area contributed by atoms with Crippen LogP contribution in [0.1, 0.15) is 28.9 Å². The molecule has 0 atom stereocenters. The summed E-state index contributed by atoms with van der Waals surface area (Å²) in [6, 6.07) is 10.9. The van der Waals surface area contributed by atoms with Gasteiger partial charge in [0.1, 0.15) is 11.6 Å². The van der Waals surface area contributed by atoms with Crippen molar-refractivity contribution >= 4 is 23.3 Å². The van der Waals surface area contributed by atoms with Crippen LogP contribution in [0, 0.1) is 11.7 Å². The molecule has 1 aliphatic rings. The lowest BCUT2D eigenvalue weighted by Gasteiger charge is -2.11. The number of pyridine rings is 2. The molecule has 2 amide bonds. The number of benzene rings is 1. The van der Waals surface area contributed by atoms with Gasteiger partial charge in [-0.25, -0.2) is 9.37 Å². The van der Waals surface area contributed by atoms with Crippen LogP contribution in [0.2, 0.25) is 0 Å². The van der Waals surface area contributed by atoms with Crippen molar-refractivity contribution in [2.24, 2.45) is 5.92 Å². The van der Waals surface area contributed by atoms with Crippen molar-refractivity contribution in [2.75, 3.05) is 10.6 Å². The van der Waals surface area contributed by atoms with E-state index in [0.29, 0.717) is 34.9 Å². The molecule has 1 saturated carbocycles. The Labute approximate surface area is 213 Å². The van der Waals surface area contributed by atoms with Gasteiger partial charge in [-0.3, -0.25) is 14.6 Å². The zero-order valence-electron chi connectivity index (χ0n) is 19.5. The van der Waals surface area contributed by atoms with Gasteiger partial charge in [-0.2, -0.15) is 18.3 Å². The van der Waals surface area contributed by atoms with E-state index < -0.39 is 29.2 Å². The molecule has 3 heterocycles. The first-order valence-electron chi connectivity index (χ1n) is 11.4. The number of carbonyl (C=O) groups is 2. The number of hydrogen-bond acceptors (Lipinski definition) is 6. The van der Waals surface area contributed by atoms with Gasteiger partial charge in [-0.1, -0.05) is 0 Å². The van der Waals surface area contributed by atoms with E-state index >= 15 is 0 Å². The molecular weight excluding hydrogens is 504 g/mol. The van der Waals surface area contributed by atoms with Crippen LogP contribution in [0.5, 0.6) is 0 Å². The van der Waals surface area contributed by atoms with Crippen molar-refractivity contribution < 1.29 is 27.2 Å². The first-order valence-corrected chi connectivity index (χ1v) is 11.4. The molecule has 1 fully saturated rings. The standard InChI is InChI=1S/C26H18F4N6O2/c27-20-4-3-18(34-25(38)22-11-17(13-33-36-22)26(28,29)30)12-19(20)15-5-7-31-21(9-15)16-6-8-32-23(10-16)35-24(37)14-1-2-14/h3-14H,1-2H2,(H,34,38)(H,32,35,37). The summed E-state index contributed by atoms with van der Waals surface area (Å²) >= 11 is 0. The fourth-order valence-electron chi connectivity index (χ4n) is 3.64. The summed E-state index contributed by atoms with van der Waals surface area (Å²) in [4.78, 5) is 33.1. The highest BCUT2D eigenvalue weighted by atomic mass is 19.4. The highest BCUT2D eigenvalue weighted by Gasteiger charge is 2.32. The minimum atomic E-state index is -4.69. The largest absolute Gasteiger partial charge is 0.418 e. The molecule has 8 nitrogen and oxygen atoms in total. The second-order valence-corrected chi connectivity index (χ2v) is 8.60. The van der Waals surface area contributed by atoms with Crippen LogP contribution in [-0.2, 0) is 11.0 Å². The number of alkyl halides is 3. The average Bonchev–Trinajstić information content (AvgIpc) is 3.75. The smallest absolute Gasteiger partial charge is 0.321 e. The lowest BCUT2D eigenvalue weighted by Crippen LogP contribution is -2.16. The summed E-state index contributed by atoms with van der Waals surface area (Å²) < 4.78 is 53.6. The molecule has 0 unspecified atom stereocenters. The molecule has 0 spiro atoms. The van der Waals surface area contributed by atoms with Gasteiger partial charge in [-0.15, -0.1) is 5.10 Å². The second-order valence-electron chi connectivity index (χ2n) is 8.60. The van der Waals surface area contributed by atoms with E-state index in [0.717, 1.165) is 18.9 Å². The van der Waals surface area contributed by atoms with E-state index in [1.807, 2.05) is 0 Å². The molecule has 192 valence electrons. The highest BCUT2D eigenvalue weighted by Crippen LogP contribution is 2.32. The van der Waals surface area contributed by atoms with Gasteiger partial charge >= 0.3 is 6.18 Å². The maximum absolute atomic E-state index is 14.8. The number of carbonyl (C=O) groups excluding carboxylic acids is 2. The number of aromatic nitrogens is 4. The summed E-state index contributed by atoms with van der Waals surface area (Å²) in [5.74, 6) is -1.23. The summed E-state index contributed by atoms with van der Waals surface area (Å²) in [6.45, 7) is 0. The van der Waals surface area contributed by atoms with E-state index in [1.165, 1.54) is 24.5 Å². The van der Waals surface area contributed by atoms with Crippen LogP contribution in [0.15, 0.2) is 67.1 Å². The Morgan fingerprint density at radius 1 is 0.895 bits per heavy atom. The molecule has 0 saturated heterocycles. The van der Waals surface area contributed by atoms with E-state index in [1.54, 1.807) is 24.3 Å². The topological polar surface area (TPSA) is 110 Å². The molecule has 0 aliphatic heterocycles. The van der Waals surface area contributed by atoms with E-state index in [9.17, 15) is 27.2 Å². The predicted molar refractivity (Wildman–Crippen MR) is 129 cm³/mol. The molecule has 0 bridgehead atoms. The van der Waals surface area contributed by atoms with Crippen molar-refractivity contribution in [1.29, 1.82) is 0 Å². The minimum absolute atomic E-state index is 0.0123. The molecule has 12 heteroatoms. The summed E-state index contributed by atoms with van der Waals surface area (Å²) in [6.07, 6.45) is 0.545. The van der Waals surface area contributed by atoms with Gasteiger partial charge in [-0.05, 0) is 66.9 Å². The van der Waals surface area contributed by atoms with Crippen LogP contribution < -0.4 is 10.6 Å². The second kappa shape index (κ2) is 9.96. The first-order chi connectivity index (χ1) is 18.2. The maximum atomic E-state index is 14.8. The Bertz CT molecular complexity index is 1540. The van der Waals surface area contributed by atoms with Gasteiger partial charge in [0.15, 0.2) is 5.69 Å². The van der Waals surface area contributed by atoms with Crippen LogP contribution >= 0.6 is 0 Å². The van der Waals surface area contributed by atoms with E-state index in [2.05, 4.69) is 30.8 Å². The molecule has 4 aromatic rings. The molecule has 1 aliphatic carbocycles. The average molecular weight is 522 g/mol. The third-order valence-electron chi connectivity index (χ3n) is 5.76. The fraction of sp³-hybridized carbons (Fsp3) is 0.154. The van der Waals surface area contributed by atoms with Crippen LogP contribution in [0.3, 0.4) is 0 Å². The number of rotatable bonds is 6. The third-order valence-corrected chi connectivity index (χ3v) is 5.76. The SMILES string of the molecule is O=C(Nc1ccc(F)c(-c2ccnc(-c3ccnc(NC(=O)C4CC4)c3)c2)c1)c1cc(C(F)(F)F)cnn1. The van der Waals surface area contributed by atoms with Crippen LogP contribution in [0.4, 0.5) is 29.1 Å².